The van der Waals surface area contributed by atoms with Crippen LogP contribution < -0.4 is 0 Å². The number of thiophene rings is 2. The third kappa shape index (κ3) is 4.55. The number of rotatable bonds is 8. The van der Waals surface area contributed by atoms with Crippen molar-refractivity contribution in [3.05, 3.63) is 77.7 Å². The SMILES string of the molecule is CCCCSc1sc(-c2ccccc2)cc1-c1cc(-c2ccccc2)sc1C=O. The number of carbonyl (C=O) groups is 1. The molecule has 0 atom stereocenters. The van der Waals surface area contributed by atoms with Gasteiger partial charge in [0.1, 0.15) is 0 Å². The number of benzene rings is 2. The Morgan fingerprint density at radius 1 is 0.828 bits per heavy atom. The molecule has 0 saturated carbocycles. The average molecular weight is 435 g/mol. The molecular formula is C25H22OS3. The standard InChI is InChI=1S/C25H22OS3/c1-2-3-14-27-25-21(16-23(29-25)19-12-8-5-9-13-19)20-15-22(28-24(20)17-26)18-10-6-4-7-11-18/h4-13,15-17H,2-3,14H2,1H3. The number of hydrogen-bond donors (Lipinski definition) is 0. The van der Waals surface area contributed by atoms with Gasteiger partial charge in [0.2, 0.25) is 0 Å². The van der Waals surface area contributed by atoms with Gasteiger partial charge in [-0.05, 0) is 35.4 Å². The molecule has 4 rings (SSSR count). The van der Waals surface area contributed by atoms with Crippen molar-refractivity contribution < 1.29 is 4.79 Å². The van der Waals surface area contributed by atoms with E-state index in [0.29, 0.717) is 0 Å². The fraction of sp³-hybridized carbons (Fsp3) is 0.160. The van der Waals surface area contributed by atoms with Crippen LogP contribution in [0.3, 0.4) is 0 Å². The van der Waals surface area contributed by atoms with Crippen LogP contribution in [0.2, 0.25) is 0 Å². The van der Waals surface area contributed by atoms with Crippen molar-refractivity contribution in [2.75, 3.05) is 5.75 Å². The summed E-state index contributed by atoms with van der Waals surface area (Å²) in [5.41, 5.74) is 4.63. The molecule has 0 radical (unpaired) electrons. The van der Waals surface area contributed by atoms with E-state index in [2.05, 4.69) is 55.5 Å². The van der Waals surface area contributed by atoms with Crippen LogP contribution >= 0.6 is 34.4 Å². The zero-order valence-corrected chi connectivity index (χ0v) is 18.7. The van der Waals surface area contributed by atoms with Gasteiger partial charge >= 0.3 is 0 Å². The Bertz CT molecular complexity index is 1080. The molecule has 0 saturated heterocycles. The number of unbranched alkanes of at least 4 members (excludes halogenated alkanes) is 1. The molecule has 4 heteroatoms. The Morgan fingerprint density at radius 3 is 2.00 bits per heavy atom. The summed E-state index contributed by atoms with van der Waals surface area (Å²) in [6.45, 7) is 2.22. The van der Waals surface area contributed by atoms with Crippen molar-refractivity contribution in [1.29, 1.82) is 0 Å². The van der Waals surface area contributed by atoms with Gasteiger partial charge in [0, 0.05) is 20.9 Å². The minimum atomic E-state index is 0.804. The Morgan fingerprint density at radius 2 is 1.41 bits per heavy atom. The van der Waals surface area contributed by atoms with Crippen molar-refractivity contribution in [3.63, 3.8) is 0 Å². The molecule has 0 aliphatic carbocycles. The molecule has 0 aliphatic heterocycles. The fourth-order valence-electron chi connectivity index (χ4n) is 3.17. The molecule has 0 amide bonds. The summed E-state index contributed by atoms with van der Waals surface area (Å²) in [6, 6.07) is 25.3. The lowest BCUT2D eigenvalue weighted by Crippen LogP contribution is -1.81. The van der Waals surface area contributed by atoms with Gasteiger partial charge in [-0.2, -0.15) is 0 Å². The van der Waals surface area contributed by atoms with Crippen LogP contribution in [0.4, 0.5) is 0 Å². The Kier molecular flexibility index (Phi) is 6.65. The lowest BCUT2D eigenvalue weighted by molar-refractivity contribution is 0.112. The van der Waals surface area contributed by atoms with E-state index < -0.39 is 0 Å². The molecule has 0 N–H and O–H groups in total. The third-order valence-corrected chi connectivity index (χ3v) is 8.37. The van der Waals surface area contributed by atoms with E-state index in [9.17, 15) is 4.79 Å². The summed E-state index contributed by atoms with van der Waals surface area (Å²) in [6.07, 6.45) is 3.39. The minimum absolute atomic E-state index is 0.804. The molecule has 1 nitrogen and oxygen atoms in total. The van der Waals surface area contributed by atoms with Gasteiger partial charge in [-0.1, -0.05) is 74.0 Å². The maximum Gasteiger partial charge on any atom is 0.160 e. The number of hydrogen-bond acceptors (Lipinski definition) is 4. The molecule has 4 aromatic rings. The molecule has 0 spiro atoms. The zero-order valence-electron chi connectivity index (χ0n) is 16.3. The van der Waals surface area contributed by atoms with E-state index in [1.165, 1.54) is 33.1 Å². The van der Waals surface area contributed by atoms with Crippen LogP contribution in [0.1, 0.15) is 29.4 Å². The lowest BCUT2D eigenvalue weighted by Gasteiger charge is -2.02. The highest BCUT2D eigenvalue weighted by Crippen LogP contribution is 2.46. The first kappa shape index (κ1) is 20.1. The second-order valence-electron chi connectivity index (χ2n) is 6.75. The summed E-state index contributed by atoms with van der Waals surface area (Å²) < 4.78 is 1.30. The smallest absolute Gasteiger partial charge is 0.160 e. The molecule has 0 fully saturated rings. The number of thioether (sulfide) groups is 1. The van der Waals surface area contributed by atoms with Gasteiger partial charge in [0.05, 0.1) is 9.09 Å². The van der Waals surface area contributed by atoms with Crippen molar-refractivity contribution >= 4 is 40.7 Å². The molecule has 146 valence electrons. The maximum atomic E-state index is 11.9. The molecule has 0 bridgehead atoms. The Balaban J connectivity index is 1.79. The highest BCUT2D eigenvalue weighted by atomic mass is 32.2. The predicted octanol–water partition coefficient (Wildman–Crippen LogP) is 8.52. The van der Waals surface area contributed by atoms with Crippen LogP contribution in [-0.4, -0.2) is 12.0 Å². The topological polar surface area (TPSA) is 17.1 Å². The second kappa shape index (κ2) is 9.57. The molecule has 2 aromatic carbocycles. The molecule has 2 aromatic heterocycles. The van der Waals surface area contributed by atoms with Gasteiger partial charge in [-0.3, -0.25) is 4.79 Å². The van der Waals surface area contributed by atoms with Crippen molar-refractivity contribution in [1.82, 2.24) is 0 Å². The lowest BCUT2D eigenvalue weighted by atomic mass is 10.1. The molecule has 2 heterocycles. The predicted molar refractivity (Wildman–Crippen MR) is 130 cm³/mol. The quantitative estimate of drug-likeness (QED) is 0.157. The largest absolute Gasteiger partial charge is 0.297 e. The van der Waals surface area contributed by atoms with E-state index in [0.717, 1.165) is 32.9 Å². The molecule has 0 unspecified atom stereocenters. The second-order valence-corrected chi connectivity index (χ2v) is 10.3. The van der Waals surface area contributed by atoms with Crippen molar-refractivity contribution in [3.8, 4) is 32.0 Å². The van der Waals surface area contributed by atoms with E-state index >= 15 is 0 Å². The number of carbonyl (C=O) groups excluding carboxylic acids is 1. The van der Waals surface area contributed by atoms with Gasteiger partial charge < -0.3 is 0 Å². The zero-order chi connectivity index (χ0) is 20.1. The monoisotopic (exact) mass is 434 g/mol. The summed E-state index contributed by atoms with van der Waals surface area (Å²) in [7, 11) is 0. The Labute approximate surface area is 184 Å². The van der Waals surface area contributed by atoms with Crippen LogP contribution in [-0.2, 0) is 0 Å². The van der Waals surface area contributed by atoms with Crippen LogP contribution in [0.25, 0.3) is 32.0 Å². The van der Waals surface area contributed by atoms with Gasteiger partial charge in [0.25, 0.3) is 0 Å². The average Bonchev–Trinajstić information content (AvgIpc) is 3.39. The van der Waals surface area contributed by atoms with Crippen LogP contribution in [0, 0.1) is 0 Å². The fourth-order valence-corrected chi connectivity index (χ4v) is 6.77. The van der Waals surface area contributed by atoms with E-state index in [1.54, 1.807) is 11.3 Å². The molecular weight excluding hydrogens is 412 g/mol. The normalized spacial score (nSPS) is 10.9. The molecule has 29 heavy (non-hydrogen) atoms. The first-order valence-electron chi connectivity index (χ1n) is 9.77. The summed E-state index contributed by atoms with van der Waals surface area (Å²) in [5, 5.41) is 0. The third-order valence-electron chi connectivity index (χ3n) is 4.70. The van der Waals surface area contributed by atoms with Gasteiger partial charge in [-0.25, -0.2) is 0 Å². The van der Waals surface area contributed by atoms with E-state index in [-0.39, 0.29) is 0 Å². The first-order chi connectivity index (χ1) is 14.3. The first-order valence-corrected chi connectivity index (χ1v) is 12.4. The summed E-state index contributed by atoms with van der Waals surface area (Å²) in [4.78, 5) is 15.1. The number of aldehydes is 1. The van der Waals surface area contributed by atoms with Crippen molar-refractivity contribution in [2.24, 2.45) is 0 Å². The molecule has 0 aliphatic rings. The van der Waals surface area contributed by atoms with Gasteiger partial charge in [0.15, 0.2) is 6.29 Å². The summed E-state index contributed by atoms with van der Waals surface area (Å²) >= 11 is 5.32. The van der Waals surface area contributed by atoms with Crippen LogP contribution in [0.15, 0.2) is 77.0 Å². The minimum Gasteiger partial charge on any atom is -0.297 e. The van der Waals surface area contributed by atoms with Crippen LogP contribution in [0.5, 0.6) is 0 Å². The van der Waals surface area contributed by atoms with E-state index in [4.69, 9.17) is 0 Å². The van der Waals surface area contributed by atoms with Gasteiger partial charge in [-0.15, -0.1) is 34.4 Å². The highest BCUT2D eigenvalue weighted by Gasteiger charge is 2.18. The maximum absolute atomic E-state index is 11.9. The van der Waals surface area contributed by atoms with Crippen molar-refractivity contribution in [2.45, 2.75) is 24.0 Å². The highest BCUT2D eigenvalue weighted by molar-refractivity contribution is 8.01. The summed E-state index contributed by atoms with van der Waals surface area (Å²) in [5.74, 6) is 1.10. The Hall–Kier alpha value is -2.14. The van der Waals surface area contributed by atoms with E-state index in [1.807, 2.05) is 47.4 Å².